The summed E-state index contributed by atoms with van der Waals surface area (Å²) in [5.74, 6) is 0.463. The normalized spacial score (nSPS) is 23.0. The molecule has 0 bridgehead atoms. The van der Waals surface area contributed by atoms with Crippen LogP contribution in [0.1, 0.15) is 47.7 Å². The van der Waals surface area contributed by atoms with Gasteiger partial charge in [-0.25, -0.2) is 9.88 Å². The molecule has 1 saturated heterocycles. The molecule has 5 aromatic rings. The van der Waals surface area contributed by atoms with Gasteiger partial charge in [-0.1, -0.05) is 30.3 Å². The number of fused-ring (bicyclic) bond motifs is 2. The monoisotopic (exact) mass is 625 g/mol. The van der Waals surface area contributed by atoms with Crippen molar-refractivity contribution in [3.63, 3.8) is 0 Å². The second kappa shape index (κ2) is 12.6. The summed E-state index contributed by atoms with van der Waals surface area (Å²) in [6.45, 7) is 0.747. The Hall–Kier alpha value is -4.63. The van der Waals surface area contributed by atoms with E-state index in [2.05, 4.69) is 25.9 Å². The Morgan fingerprint density at radius 2 is 1.80 bits per heavy atom. The zero-order valence-corrected chi connectivity index (χ0v) is 24.8. The molecule has 13 heteroatoms. The smallest absolute Gasteiger partial charge is 0.240 e. The number of para-hydroxylation sites is 1. The maximum atomic E-state index is 12.8. The van der Waals surface area contributed by atoms with E-state index in [1.54, 1.807) is 41.5 Å². The Morgan fingerprint density at radius 1 is 0.957 bits per heavy atom. The summed E-state index contributed by atoms with van der Waals surface area (Å²) in [6, 6.07) is 18.2. The van der Waals surface area contributed by atoms with E-state index < -0.39 is 31.0 Å². The van der Waals surface area contributed by atoms with Crippen LogP contribution in [0.3, 0.4) is 0 Å². The number of nitrogens with one attached hydrogen (secondary N) is 3. The second-order valence-corrected chi connectivity index (χ2v) is 11.6. The van der Waals surface area contributed by atoms with E-state index in [1.807, 2.05) is 42.5 Å². The lowest BCUT2D eigenvalue weighted by molar-refractivity contribution is -0.159. The molecule has 7 N–H and O–H groups in total. The van der Waals surface area contributed by atoms with Crippen molar-refractivity contribution >= 4 is 22.6 Å². The van der Waals surface area contributed by atoms with Crippen molar-refractivity contribution in [1.82, 2.24) is 30.1 Å². The fourth-order valence-corrected chi connectivity index (χ4v) is 6.25. The lowest BCUT2D eigenvalue weighted by Gasteiger charge is -2.40. The summed E-state index contributed by atoms with van der Waals surface area (Å²) < 4.78 is 7.69. The Labute approximate surface area is 264 Å². The summed E-state index contributed by atoms with van der Waals surface area (Å²) >= 11 is 0. The van der Waals surface area contributed by atoms with Crippen LogP contribution in [0.4, 0.5) is 5.69 Å². The second-order valence-electron chi connectivity index (χ2n) is 11.6. The van der Waals surface area contributed by atoms with Crippen molar-refractivity contribution in [3.8, 4) is 11.5 Å². The molecule has 0 radical (unpaired) electrons. The van der Waals surface area contributed by atoms with Crippen LogP contribution in [0, 0.1) is 0 Å². The molecule has 0 aliphatic carbocycles. The molecule has 5 unspecified atom stereocenters. The first-order chi connectivity index (χ1) is 22.3. The highest BCUT2D eigenvalue weighted by Crippen LogP contribution is 2.43. The van der Waals surface area contributed by atoms with Gasteiger partial charge in [-0.2, -0.15) is 0 Å². The maximum absolute atomic E-state index is 12.8. The molecular formula is C33H35N7O6. The van der Waals surface area contributed by atoms with Crippen molar-refractivity contribution in [2.24, 2.45) is 0 Å². The summed E-state index contributed by atoms with van der Waals surface area (Å²) in [4.78, 5) is 23.2. The fourth-order valence-electron chi connectivity index (χ4n) is 6.25. The van der Waals surface area contributed by atoms with Crippen LogP contribution < -0.4 is 16.0 Å². The van der Waals surface area contributed by atoms with E-state index in [1.165, 1.54) is 4.90 Å². The number of aliphatic hydroxyl groups is 4. The molecule has 5 heterocycles. The number of amides is 1. The lowest BCUT2D eigenvalue weighted by Crippen LogP contribution is -2.57. The average Bonchev–Trinajstić information content (AvgIpc) is 3.76. The fraction of sp³-hybridized carbons (Fsp3) is 0.303. The van der Waals surface area contributed by atoms with Gasteiger partial charge in [-0.15, -0.1) is 0 Å². The molecular weight excluding hydrogens is 590 g/mol. The predicted molar refractivity (Wildman–Crippen MR) is 167 cm³/mol. The molecule has 46 heavy (non-hydrogen) atoms. The van der Waals surface area contributed by atoms with E-state index in [9.17, 15) is 25.2 Å². The highest BCUT2D eigenvalue weighted by molar-refractivity contribution is 5.82. The van der Waals surface area contributed by atoms with Crippen LogP contribution in [-0.4, -0.2) is 64.3 Å². The number of piperidine rings is 1. The third kappa shape index (κ3) is 5.99. The van der Waals surface area contributed by atoms with E-state index >= 15 is 0 Å². The molecule has 1 fully saturated rings. The van der Waals surface area contributed by atoms with Gasteiger partial charge in [0.25, 0.3) is 0 Å². The van der Waals surface area contributed by atoms with Crippen molar-refractivity contribution in [2.45, 2.75) is 63.4 Å². The Kier molecular flexibility index (Phi) is 8.25. The first-order valence-corrected chi connectivity index (χ1v) is 15.2. The number of furan rings is 1. The van der Waals surface area contributed by atoms with E-state index in [-0.39, 0.29) is 19.0 Å². The maximum Gasteiger partial charge on any atom is 0.240 e. The van der Waals surface area contributed by atoms with Gasteiger partial charge in [-0.3, -0.25) is 15.1 Å². The summed E-state index contributed by atoms with van der Waals surface area (Å²) in [7, 11) is 0. The zero-order valence-electron chi connectivity index (χ0n) is 24.8. The van der Waals surface area contributed by atoms with E-state index in [0.717, 1.165) is 16.5 Å². The molecule has 13 nitrogen and oxygen atoms in total. The minimum absolute atomic E-state index is 0.0882. The minimum atomic E-state index is -1.12. The highest BCUT2D eigenvalue weighted by atomic mass is 16.3. The quantitative estimate of drug-likeness (QED) is 0.128. The first kappa shape index (κ1) is 30.0. The van der Waals surface area contributed by atoms with Crippen molar-refractivity contribution < 1.29 is 29.6 Å². The largest absolute Gasteiger partial charge is 0.454 e. The molecule has 2 aliphatic heterocycles. The lowest BCUT2D eigenvalue weighted by atomic mass is 10.0. The molecule has 2 aromatic carbocycles. The first-order valence-electron chi connectivity index (χ1n) is 15.2. The molecule has 238 valence electrons. The number of aromatic nitrogens is 3. The molecule has 1 amide bonds. The van der Waals surface area contributed by atoms with Crippen molar-refractivity contribution in [3.05, 3.63) is 102 Å². The molecule has 5 atom stereocenters. The van der Waals surface area contributed by atoms with Crippen LogP contribution in [0.25, 0.3) is 22.4 Å². The van der Waals surface area contributed by atoms with Crippen LogP contribution >= 0.6 is 0 Å². The number of imidazole rings is 1. The van der Waals surface area contributed by atoms with Gasteiger partial charge in [0.15, 0.2) is 5.76 Å². The Bertz CT molecular complexity index is 1820. The number of anilines is 1. The van der Waals surface area contributed by atoms with Crippen LogP contribution in [0.2, 0.25) is 0 Å². The van der Waals surface area contributed by atoms with Gasteiger partial charge in [0.05, 0.1) is 24.6 Å². The number of pyridine rings is 1. The molecule has 7 rings (SSSR count). The molecule has 0 spiro atoms. The van der Waals surface area contributed by atoms with Gasteiger partial charge in [-0.05, 0) is 43.2 Å². The summed E-state index contributed by atoms with van der Waals surface area (Å²) in [5, 5.41) is 52.0. The number of hydrogen-bond donors (Lipinski definition) is 7. The zero-order chi connectivity index (χ0) is 31.8. The number of aliphatic hydroxyl groups excluding tert-OH is 4. The average molecular weight is 626 g/mol. The molecule has 3 aromatic heterocycles. The third-order valence-electron chi connectivity index (χ3n) is 8.57. The molecule has 0 saturated carbocycles. The number of nitrogens with zero attached hydrogens (tertiary/aromatic N) is 4. The van der Waals surface area contributed by atoms with Gasteiger partial charge >= 0.3 is 0 Å². The summed E-state index contributed by atoms with van der Waals surface area (Å²) in [5.41, 5.74) is 4.82. The standard InChI is InChI=1S/C33H35N7O6/c41-28-10-9-25(31(43)38-28)40-32(44)23-8-7-21(13-24(23)33(40)45)35-15-22-16-39(18-37-22)17-29(42)36-14-20-5-3-11-34-30(20)27-12-19-4-1-2-6-26(19)46-27/h1-8,11-13,16,18,25,28,31-33,35,38,41,43-45H,9-10,14-15,17H2,(H,36,42). The summed E-state index contributed by atoms with van der Waals surface area (Å²) in [6.07, 6.45) is 1.76. The van der Waals surface area contributed by atoms with Gasteiger partial charge in [0, 0.05) is 46.7 Å². The van der Waals surface area contributed by atoms with Crippen LogP contribution in [0.5, 0.6) is 0 Å². The number of rotatable bonds is 9. The van der Waals surface area contributed by atoms with Crippen LogP contribution in [0.15, 0.2) is 83.8 Å². The van der Waals surface area contributed by atoms with Gasteiger partial charge in [0.1, 0.15) is 42.7 Å². The number of hydrogen-bond acceptors (Lipinski definition) is 11. The number of carbonyl (C=O) groups is 1. The van der Waals surface area contributed by atoms with Crippen molar-refractivity contribution in [1.29, 1.82) is 0 Å². The third-order valence-corrected chi connectivity index (χ3v) is 8.57. The van der Waals surface area contributed by atoms with Crippen molar-refractivity contribution in [2.75, 3.05) is 5.32 Å². The highest BCUT2D eigenvalue weighted by Gasteiger charge is 2.44. The number of benzene rings is 2. The van der Waals surface area contributed by atoms with E-state index in [4.69, 9.17) is 4.42 Å². The topological polar surface area (TPSA) is 181 Å². The minimum Gasteiger partial charge on any atom is -0.454 e. The van der Waals surface area contributed by atoms with E-state index in [0.29, 0.717) is 53.3 Å². The van der Waals surface area contributed by atoms with Gasteiger partial charge < -0.3 is 40.0 Å². The SMILES string of the molecule is O=C(Cn1cnc(CNc2ccc3c(c2)C(O)N(C2CCC(O)NC2O)C3O)c1)NCc1cccnc1-c1cc2ccccc2o1. The molecule has 2 aliphatic rings. The van der Waals surface area contributed by atoms with Gasteiger partial charge in [0.2, 0.25) is 5.91 Å². The van der Waals surface area contributed by atoms with Crippen LogP contribution in [-0.2, 0) is 24.4 Å². The Balaban J connectivity index is 0.938. The predicted octanol–water partition coefficient (Wildman–Crippen LogP) is 2.31. The Morgan fingerprint density at radius 3 is 2.65 bits per heavy atom. The number of carbonyl (C=O) groups excluding carboxylic acids is 1.